The molecule has 4 heteroatoms. The molecule has 0 saturated carbocycles. The highest BCUT2D eigenvalue weighted by Gasteiger charge is 2.35. The van der Waals surface area contributed by atoms with Gasteiger partial charge in [0, 0.05) is 0 Å². The number of hydrogen-bond acceptors (Lipinski definition) is 2. The maximum atomic E-state index is 11.3. The summed E-state index contributed by atoms with van der Waals surface area (Å²) in [6, 6.07) is -0.197. The van der Waals surface area contributed by atoms with Crippen molar-refractivity contribution >= 4 is 6.03 Å². The van der Waals surface area contributed by atoms with E-state index in [1.54, 1.807) is 0 Å². The lowest BCUT2D eigenvalue weighted by atomic mass is 10.2. The van der Waals surface area contributed by atoms with E-state index in [1.165, 1.54) is 0 Å². The molecule has 0 aromatic rings. The second-order valence-corrected chi connectivity index (χ2v) is 3.62. The molecular formula is C9H19N2O2+. The predicted molar refractivity (Wildman–Crippen MR) is 50.2 cm³/mol. The molecule has 1 fully saturated rings. The summed E-state index contributed by atoms with van der Waals surface area (Å²) >= 11 is 0. The topological polar surface area (TPSA) is 52.3 Å². The van der Waals surface area contributed by atoms with E-state index in [9.17, 15) is 4.79 Å². The number of ether oxygens (including phenoxy) is 1. The monoisotopic (exact) mass is 187 g/mol. The minimum Gasteiger partial charge on any atom is -0.370 e. The zero-order chi connectivity index (χ0) is 9.73. The predicted octanol–water partition coefficient (Wildman–Crippen LogP) is 0.712. The van der Waals surface area contributed by atoms with E-state index in [-0.39, 0.29) is 6.03 Å². The van der Waals surface area contributed by atoms with Gasteiger partial charge in [0.05, 0.1) is 19.8 Å². The standard InChI is InChI=1S/C9H18N2O2/c1-2-3-4-11(9(10)12)5-7-13-8-6-11/h2-8H2,1H3,(H-,10,12)/p+1. The van der Waals surface area contributed by atoms with Crippen LogP contribution in [0.4, 0.5) is 4.79 Å². The molecule has 1 aliphatic rings. The molecule has 1 aliphatic heterocycles. The Hall–Kier alpha value is -0.610. The van der Waals surface area contributed by atoms with Crippen LogP contribution in [-0.2, 0) is 4.74 Å². The molecule has 4 nitrogen and oxygen atoms in total. The molecule has 0 bridgehead atoms. The molecule has 1 heterocycles. The Morgan fingerprint density at radius 3 is 2.54 bits per heavy atom. The van der Waals surface area contributed by atoms with Gasteiger partial charge in [-0.1, -0.05) is 13.3 Å². The maximum absolute atomic E-state index is 11.3. The fraction of sp³-hybridized carbons (Fsp3) is 0.889. The highest BCUT2D eigenvalue weighted by Crippen LogP contribution is 2.12. The normalized spacial score (nSPS) is 21.3. The van der Waals surface area contributed by atoms with E-state index in [0.717, 1.165) is 32.5 Å². The number of primary amides is 1. The third kappa shape index (κ3) is 2.42. The van der Waals surface area contributed by atoms with Crippen molar-refractivity contribution in [1.82, 2.24) is 0 Å². The lowest BCUT2D eigenvalue weighted by molar-refractivity contribution is -0.858. The smallest absolute Gasteiger partial charge is 0.370 e. The lowest BCUT2D eigenvalue weighted by Crippen LogP contribution is -2.61. The van der Waals surface area contributed by atoms with Crippen LogP contribution in [0.25, 0.3) is 0 Å². The Bertz CT molecular complexity index is 176. The first-order chi connectivity index (χ1) is 6.21. The second kappa shape index (κ2) is 4.58. The number of unbranched alkanes of at least 4 members (excludes halogenated alkanes) is 1. The van der Waals surface area contributed by atoms with Gasteiger partial charge in [-0.25, -0.2) is 9.28 Å². The Morgan fingerprint density at radius 2 is 2.08 bits per heavy atom. The fourth-order valence-corrected chi connectivity index (χ4v) is 1.71. The highest BCUT2D eigenvalue weighted by atomic mass is 16.5. The van der Waals surface area contributed by atoms with E-state index >= 15 is 0 Å². The quantitative estimate of drug-likeness (QED) is 0.662. The number of rotatable bonds is 3. The first-order valence-corrected chi connectivity index (χ1v) is 4.95. The van der Waals surface area contributed by atoms with Crippen molar-refractivity contribution in [3.8, 4) is 0 Å². The molecule has 76 valence electrons. The summed E-state index contributed by atoms with van der Waals surface area (Å²) in [5, 5.41) is 0. The van der Waals surface area contributed by atoms with Gasteiger partial charge >= 0.3 is 6.03 Å². The van der Waals surface area contributed by atoms with E-state index < -0.39 is 0 Å². The van der Waals surface area contributed by atoms with Crippen LogP contribution in [0.1, 0.15) is 19.8 Å². The zero-order valence-electron chi connectivity index (χ0n) is 8.29. The molecule has 0 aromatic heterocycles. The molecule has 13 heavy (non-hydrogen) atoms. The number of carbonyl (C=O) groups is 1. The Labute approximate surface area is 79.2 Å². The summed E-state index contributed by atoms with van der Waals surface area (Å²) in [5.74, 6) is 0. The van der Waals surface area contributed by atoms with Crippen molar-refractivity contribution < 1.29 is 14.0 Å². The largest absolute Gasteiger partial charge is 0.414 e. The Morgan fingerprint density at radius 1 is 1.46 bits per heavy atom. The molecule has 0 spiro atoms. The molecule has 2 amide bonds. The van der Waals surface area contributed by atoms with Gasteiger partial charge in [-0.3, -0.25) is 0 Å². The molecule has 1 rings (SSSR count). The van der Waals surface area contributed by atoms with Crippen molar-refractivity contribution in [2.45, 2.75) is 19.8 Å². The molecule has 0 atom stereocenters. The summed E-state index contributed by atoms with van der Waals surface area (Å²) in [5.41, 5.74) is 5.42. The van der Waals surface area contributed by atoms with Crippen molar-refractivity contribution in [1.29, 1.82) is 0 Å². The number of carbonyl (C=O) groups excluding carboxylic acids is 1. The van der Waals surface area contributed by atoms with Gasteiger partial charge in [0.25, 0.3) is 0 Å². The maximum Gasteiger partial charge on any atom is 0.414 e. The fourth-order valence-electron chi connectivity index (χ4n) is 1.71. The Balaban J connectivity index is 2.56. The van der Waals surface area contributed by atoms with E-state index in [1.807, 2.05) is 0 Å². The highest BCUT2D eigenvalue weighted by molar-refractivity contribution is 5.64. The lowest BCUT2D eigenvalue weighted by Gasteiger charge is -2.36. The van der Waals surface area contributed by atoms with Crippen LogP contribution in [0.15, 0.2) is 0 Å². The SMILES string of the molecule is CCCC[N+]1(C(N)=O)CCOCC1. The van der Waals surface area contributed by atoms with Gasteiger partial charge in [0.1, 0.15) is 13.1 Å². The molecule has 0 aromatic carbocycles. The summed E-state index contributed by atoms with van der Waals surface area (Å²) in [7, 11) is 0. The average molecular weight is 187 g/mol. The molecule has 0 aliphatic carbocycles. The van der Waals surface area contributed by atoms with Gasteiger partial charge in [0.2, 0.25) is 0 Å². The molecule has 0 unspecified atom stereocenters. The van der Waals surface area contributed by atoms with E-state index in [4.69, 9.17) is 10.5 Å². The molecular weight excluding hydrogens is 168 g/mol. The van der Waals surface area contributed by atoms with E-state index in [0.29, 0.717) is 17.7 Å². The first-order valence-electron chi connectivity index (χ1n) is 4.95. The van der Waals surface area contributed by atoms with Gasteiger partial charge in [-0.2, -0.15) is 0 Å². The number of morpholine rings is 1. The second-order valence-electron chi connectivity index (χ2n) is 3.62. The summed E-state index contributed by atoms with van der Waals surface area (Å²) in [6.07, 6.45) is 2.16. The van der Waals surface area contributed by atoms with E-state index in [2.05, 4.69) is 6.92 Å². The minimum atomic E-state index is -0.197. The molecule has 2 N–H and O–H groups in total. The number of nitrogens with two attached hydrogens (primary N) is 1. The van der Waals surface area contributed by atoms with Crippen molar-refractivity contribution in [3.05, 3.63) is 0 Å². The summed E-state index contributed by atoms with van der Waals surface area (Å²) < 4.78 is 5.66. The number of hydrogen-bond donors (Lipinski definition) is 1. The van der Waals surface area contributed by atoms with Gasteiger partial charge < -0.3 is 10.5 Å². The van der Waals surface area contributed by atoms with Crippen LogP contribution in [0, 0.1) is 0 Å². The average Bonchev–Trinajstić information content (AvgIpc) is 2.16. The van der Waals surface area contributed by atoms with Gasteiger partial charge in [-0.15, -0.1) is 0 Å². The van der Waals surface area contributed by atoms with Crippen LogP contribution in [0.5, 0.6) is 0 Å². The van der Waals surface area contributed by atoms with Crippen LogP contribution in [0.3, 0.4) is 0 Å². The van der Waals surface area contributed by atoms with Crippen LogP contribution in [-0.4, -0.2) is 43.4 Å². The minimum absolute atomic E-state index is 0.197. The third-order valence-corrected chi connectivity index (χ3v) is 2.73. The van der Waals surface area contributed by atoms with Crippen LogP contribution < -0.4 is 5.73 Å². The zero-order valence-corrected chi connectivity index (χ0v) is 8.29. The van der Waals surface area contributed by atoms with Gasteiger partial charge in [0.15, 0.2) is 0 Å². The number of quaternary nitrogens is 1. The van der Waals surface area contributed by atoms with Crippen LogP contribution in [0.2, 0.25) is 0 Å². The molecule has 1 saturated heterocycles. The Kier molecular flexibility index (Phi) is 3.69. The number of nitrogens with zero attached hydrogens (tertiary/aromatic N) is 1. The van der Waals surface area contributed by atoms with Crippen molar-refractivity contribution in [2.75, 3.05) is 32.8 Å². The summed E-state index contributed by atoms with van der Waals surface area (Å²) in [4.78, 5) is 11.3. The summed E-state index contributed by atoms with van der Waals surface area (Å²) in [6.45, 7) is 5.80. The third-order valence-electron chi connectivity index (χ3n) is 2.73. The first kappa shape index (κ1) is 10.5. The van der Waals surface area contributed by atoms with Crippen molar-refractivity contribution in [3.63, 3.8) is 0 Å². The van der Waals surface area contributed by atoms with Crippen molar-refractivity contribution in [2.24, 2.45) is 5.73 Å². The van der Waals surface area contributed by atoms with Gasteiger partial charge in [-0.05, 0) is 6.42 Å². The number of urea groups is 1. The van der Waals surface area contributed by atoms with Crippen LogP contribution >= 0.6 is 0 Å². The number of amides is 2. The molecule has 0 radical (unpaired) electrons.